The molecule has 0 radical (unpaired) electrons. The Hall–Kier alpha value is -2.26. The fourth-order valence-electron chi connectivity index (χ4n) is 2.85. The number of ether oxygens (including phenoxy) is 3. The zero-order valence-electron chi connectivity index (χ0n) is 13.6. The van der Waals surface area contributed by atoms with E-state index in [-0.39, 0.29) is 0 Å². The number of fused-ring (bicyclic) bond motifs is 1. The maximum absolute atomic E-state index is 5.42. The second-order valence-electron chi connectivity index (χ2n) is 5.64. The fraction of sp³-hybridized carbons (Fsp3) is 0.600. The first-order chi connectivity index (χ1) is 11.8. The fourth-order valence-corrected chi connectivity index (χ4v) is 2.85. The van der Waals surface area contributed by atoms with Crippen LogP contribution in [-0.2, 0) is 9.47 Å². The Morgan fingerprint density at radius 1 is 0.875 bits per heavy atom. The van der Waals surface area contributed by atoms with Crippen molar-refractivity contribution in [1.29, 1.82) is 0 Å². The van der Waals surface area contributed by atoms with Crippen molar-refractivity contribution in [2.75, 3.05) is 69.5 Å². The first kappa shape index (κ1) is 15.3. The molecule has 9 heteroatoms. The summed E-state index contributed by atoms with van der Waals surface area (Å²) in [5, 5.41) is 0.714. The van der Waals surface area contributed by atoms with E-state index in [1.165, 1.54) is 0 Å². The molecule has 0 unspecified atom stereocenters. The minimum Gasteiger partial charge on any atom is -0.480 e. The highest BCUT2D eigenvalue weighted by atomic mass is 16.5. The maximum atomic E-state index is 5.42. The van der Waals surface area contributed by atoms with Crippen molar-refractivity contribution in [2.24, 2.45) is 0 Å². The Morgan fingerprint density at radius 3 is 2.08 bits per heavy atom. The van der Waals surface area contributed by atoms with E-state index in [1.807, 2.05) is 0 Å². The van der Waals surface area contributed by atoms with Gasteiger partial charge >= 0.3 is 0 Å². The summed E-state index contributed by atoms with van der Waals surface area (Å²) in [5.74, 6) is 1.78. The monoisotopic (exact) mass is 332 g/mol. The lowest BCUT2D eigenvalue weighted by Crippen LogP contribution is -2.38. The minimum absolute atomic E-state index is 0.495. The summed E-state index contributed by atoms with van der Waals surface area (Å²) in [4.78, 5) is 22.4. The Kier molecular flexibility index (Phi) is 4.26. The normalized spacial score (nSPS) is 18.9. The van der Waals surface area contributed by atoms with Crippen molar-refractivity contribution >= 4 is 22.9 Å². The van der Waals surface area contributed by atoms with E-state index < -0.39 is 0 Å². The van der Waals surface area contributed by atoms with E-state index in [1.54, 1.807) is 13.3 Å². The van der Waals surface area contributed by atoms with E-state index in [2.05, 4.69) is 29.7 Å². The van der Waals surface area contributed by atoms with Crippen LogP contribution in [0.5, 0.6) is 5.88 Å². The van der Waals surface area contributed by atoms with Crippen LogP contribution in [0, 0.1) is 0 Å². The third-order valence-corrected chi connectivity index (χ3v) is 4.17. The molecule has 2 fully saturated rings. The average molecular weight is 332 g/mol. The maximum Gasteiger partial charge on any atom is 0.230 e. The van der Waals surface area contributed by atoms with E-state index in [0.29, 0.717) is 55.2 Å². The SMILES string of the molecule is COc1nc(N2CCOCC2)nc2nc(N3CCOCC3)ncc12. The van der Waals surface area contributed by atoms with Gasteiger partial charge in [0.2, 0.25) is 17.8 Å². The number of morpholine rings is 2. The van der Waals surface area contributed by atoms with Crippen LogP contribution in [0.4, 0.5) is 11.9 Å². The summed E-state index contributed by atoms with van der Waals surface area (Å²) < 4.78 is 16.2. The smallest absolute Gasteiger partial charge is 0.230 e. The summed E-state index contributed by atoms with van der Waals surface area (Å²) in [6.07, 6.45) is 1.73. The number of hydrogen-bond acceptors (Lipinski definition) is 9. The van der Waals surface area contributed by atoms with Crippen LogP contribution in [0.15, 0.2) is 6.20 Å². The van der Waals surface area contributed by atoms with Crippen molar-refractivity contribution in [3.63, 3.8) is 0 Å². The van der Waals surface area contributed by atoms with E-state index in [9.17, 15) is 0 Å². The molecule has 0 saturated carbocycles. The quantitative estimate of drug-likeness (QED) is 0.777. The highest BCUT2D eigenvalue weighted by molar-refractivity contribution is 5.81. The Labute approximate surface area is 139 Å². The van der Waals surface area contributed by atoms with Crippen molar-refractivity contribution in [2.45, 2.75) is 0 Å². The molecule has 24 heavy (non-hydrogen) atoms. The summed E-state index contributed by atoms with van der Waals surface area (Å²) in [6.45, 7) is 5.81. The van der Waals surface area contributed by atoms with Gasteiger partial charge in [0.05, 0.1) is 33.5 Å². The van der Waals surface area contributed by atoms with Gasteiger partial charge in [0.25, 0.3) is 0 Å². The molecule has 2 aliphatic heterocycles. The van der Waals surface area contributed by atoms with Crippen LogP contribution in [0.2, 0.25) is 0 Å². The molecule has 0 N–H and O–H groups in total. The molecule has 9 nitrogen and oxygen atoms in total. The number of methoxy groups -OCH3 is 1. The molecule has 0 spiro atoms. The lowest BCUT2D eigenvalue weighted by Gasteiger charge is -2.28. The number of aromatic nitrogens is 4. The summed E-state index contributed by atoms with van der Waals surface area (Å²) in [6, 6.07) is 0. The molecule has 0 aliphatic carbocycles. The predicted molar refractivity (Wildman–Crippen MR) is 87.7 cm³/mol. The highest BCUT2D eigenvalue weighted by Crippen LogP contribution is 2.25. The van der Waals surface area contributed by atoms with Gasteiger partial charge < -0.3 is 24.0 Å². The molecule has 2 aromatic heterocycles. The summed E-state index contributed by atoms with van der Waals surface area (Å²) in [5.41, 5.74) is 0.597. The van der Waals surface area contributed by atoms with Gasteiger partial charge in [-0.25, -0.2) is 4.98 Å². The van der Waals surface area contributed by atoms with Gasteiger partial charge in [-0.1, -0.05) is 0 Å². The molecule has 0 bridgehead atoms. The number of anilines is 2. The van der Waals surface area contributed by atoms with Gasteiger partial charge in [-0.3, -0.25) is 0 Å². The van der Waals surface area contributed by atoms with Gasteiger partial charge in [0.15, 0.2) is 5.65 Å². The molecule has 2 saturated heterocycles. The molecule has 0 amide bonds. The zero-order valence-corrected chi connectivity index (χ0v) is 13.6. The molecule has 2 aromatic rings. The average Bonchev–Trinajstić information content (AvgIpc) is 2.68. The molecule has 4 heterocycles. The van der Waals surface area contributed by atoms with Crippen molar-refractivity contribution in [1.82, 2.24) is 19.9 Å². The first-order valence-corrected chi connectivity index (χ1v) is 8.09. The van der Waals surface area contributed by atoms with Crippen LogP contribution < -0.4 is 14.5 Å². The molecule has 0 aromatic carbocycles. The van der Waals surface area contributed by atoms with Gasteiger partial charge in [-0.15, -0.1) is 0 Å². The Bertz CT molecular complexity index is 710. The lowest BCUT2D eigenvalue weighted by molar-refractivity contribution is 0.122. The van der Waals surface area contributed by atoms with Crippen molar-refractivity contribution in [3.05, 3.63) is 6.20 Å². The number of rotatable bonds is 3. The largest absolute Gasteiger partial charge is 0.480 e. The molecule has 0 atom stereocenters. The van der Waals surface area contributed by atoms with E-state index in [4.69, 9.17) is 14.2 Å². The zero-order chi connectivity index (χ0) is 16.4. The lowest BCUT2D eigenvalue weighted by atomic mass is 10.3. The standard InChI is InChI=1S/C15H20N6O3/c1-22-13-11-10-16-14(20-2-6-23-7-3-20)17-12(11)18-15(19-13)21-4-8-24-9-5-21/h10H,2-9H2,1H3. The van der Waals surface area contributed by atoms with Crippen LogP contribution >= 0.6 is 0 Å². The number of nitrogens with zero attached hydrogens (tertiary/aromatic N) is 6. The van der Waals surface area contributed by atoms with Crippen LogP contribution in [0.1, 0.15) is 0 Å². The van der Waals surface area contributed by atoms with Gasteiger partial charge in [0, 0.05) is 32.4 Å². The van der Waals surface area contributed by atoms with Gasteiger partial charge in [-0.2, -0.15) is 15.0 Å². The predicted octanol–water partition coefficient (Wildman–Crippen LogP) is 0.102. The minimum atomic E-state index is 0.495. The molecule has 128 valence electrons. The van der Waals surface area contributed by atoms with E-state index >= 15 is 0 Å². The number of hydrogen-bond donors (Lipinski definition) is 0. The third-order valence-electron chi connectivity index (χ3n) is 4.17. The first-order valence-electron chi connectivity index (χ1n) is 8.09. The molecule has 4 rings (SSSR count). The van der Waals surface area contributed by atoms with Crippen LogP contribution in [0.3, 0.4) is 0 Å². The van der Waals surface area contributed by atoms with Gasteiger partial charge in [-0.05, 0) is 0 Å². The second kappa shape index (κ2) is 6.70. The molecule has 2 aliphatic rings. The summed E-state index contributed by atoms with van der Waals surface area (Å²) >= 11 is 0. The molecular weight excluding hydrogens is 312 g/mol. The molecular formula is C15H20N6O3. The Balaban J connectivity index is 1.73. The van der Waals surface area contributed by atoms with Crippen molar-refractivity contribution < 1.29 is 14.2 Å². The van der Waals surface area contributed by atoms with Crippen molar-refractivity contribution in [3.8, 4) is 5.88 Å². The van der Waals surface area contributed by atoms with Crippen LogP contribution in [-0.4, -0.2) is 79.7 Å². The summed E-state index contributed by atoms with van der Waals surface area (Å²) in [7, 11) is 1.60. The van der Waals surface area contributed by atoms with Gasteiger partial charge in [0.1, 0.15) is 5.39 Å². The second-order valence-corrected chi connectivity index (χ2v) is 5.64. The van der Waals surface area contributed by atoms with Crippen LogP contribution in [0.25, 0.3) is 11.0 Å². The van der Waals surface area contributed by atoms with E-state index in [0.717, 1.165) is 26.2 Å². The highest BCUT2D eigenvalue weighted by Gasteiger charge is 2.20. The topological polar surface area (TPSA) is 85.7 Å². The third kappa shape index (κ3) is 2.92. The Morgan fingerprint density at radius 2 is 1.46 bits per heavy atom.